The third-order valence-corrected chi connectivity index (χ3v) is 4.91. The van der Waals surface area contributed by atoms with Gasteiger partial charge in [-0.1, -0.05) is 13.0 Å². The van der Waals surface area contributed by atoms with E-state index in [1.54, 1.807) is 0 Å². The van der Waals surface area contributed by atoms with Crippen molar-refractivity contribution in [3.8, 4) is 5.75 Å². The third-order valence-electron chi connectivity index (χ3n) is 4.91. The zero-order valence-corrected chi connectivity index (χ0v) is 15.3. The Labute approximate surface area is 153 Å². The van der Waals surface area contributed by atoms with E-state index in [2.05, 4.69) is 23.0 Å². The number of hydrogen-bond donors (Lipinski definition) is 0. The second-order valence-corrected chi connectivity index (χ2v) is 6.70. The van der Waals surface area contributed by atoms with Gasteiger partial charge in [0.15, 0.2) is 5.78 Å². The molecule has 0 saturated heterocycles. The van der Waals surface area contributed by atoms with Crippen molar-refractivity contribution in [1.29, 1.82) is 0 Å². The summed E-state index contributed by atoms with van der Waals surface area (Å²) in [7, 11) is 0. The SMILES string of the molecule is CCOc1cc2nc(CC)cn2cc1CC(=O)c1ccc2c(n1)CCC2. The summed E-state index contributed by atoms with van der Waals surface area (Å²) in [5, 5.41) is 0. The molecule has 1 aliphatic rings. The molecule has 3 aromatic heterocycles. The van der Waals surface area contributed by atoms with E-state index in [9.17, 15) is 4.79 Å². The van der Waals surface area contributed by atoms with Crippen molar-refractivity contribution < 1.29 is 9.53 Å². The molecule has 4 rings (SSSR count). The van der Waals surface area contributed by atoms with Crippen LogP contribution in [-0.2, 0) is 25.7 Å². The van der Waals surface area contributed by atoms with Crippen molar-refractivity contribution in [2.24, 2.45) is 0 Å². The lowest BCUT2D eigenvalue weighted by Gasteiger charge is -2.11. The number of ketones is 1. The van der Waals surface area contributed by atoms with Gasteiger partial charge in [0.2, 0.25) is 0 Å². The number of aryl methyl sites for hydroxylation is 3. The average Bonchev–Trinajstić information content (AvgIpc) is 3.27. The van der Waals surface area contributed by atoms with Crippen LogP contribution in [0.25, 0.3) is 5.65 Å². The fourth-order valence-electron chi connectivity index (χ4n) is 3.54. The van der Waals surface area contributed by atoms with Crippen LogP contribution >= 0.6 is 0 Å². The highest BCUT2D eigenvalue weighted by atomic mass is 16.5. The van der Waals surface area contributed by atoms with E-state index < -0.39 is 0 Å². The highest BCUT2D eigenvalue weighted by molar-refractivity contribution is 5.96. The summed E-state index contributed by atoms with van der Waals surface area (Å²) < 4.78 is 7.75. The van der Waals surface area contributed by atoms with Crippen molar-refractivity contribution in [3.63, 3.8) is 0 Å². The van der Waals surface area contributed by atoms with Crippen LogP contribution in [0.5, 0.6) is 5.75 Å². The van der Waals surface area contributed by atoms with Crippen LogP contribution in [0.15, 0.2) is 30.6 Å². The van der Waals surface area contributed by atoms with E-state index in [1.165, 1.54) is 5.56 Å². The molecule has 0 aromatic carbocycles. The minimum absolute atomic E-state index is 0.0239. The maximum Gasteiger partial charge on any atom is 0.185 e. The Hall–Kier alpha value is -2.69. The number of fused-ring (bicyclic) bond motifs is 2. The van der Waals surface area contributed by atoms with Gasteiger partial charge in [0.25, 0.3) is 0 Å². The van der Waals surface area contributed by atoms with Crippen LogP contribution in [0.4, 0.5) is 0 Å². The Balaban J connectivity index is 1.66. The van der Waals surface area contributed by atoms with Crippen molar-refractivity contribution in [2.45, 2.75) is 46.0 Å². The maximum atomic E-state index is 12.8. The number of hydrogen-bond acceptors (Lipinski definition) is 4. The molecule has 0 unspecified atom stereocenters. The highest BCUT2D eigenvalue weighted by Crippen LogP contribution is 2.24. The molecule has 0 bridgehead atoms. The minimum atomic E-state index is 0.0239. The number of Topliss-reactive ketones (excluding diaryl/α,β-unsaturated/α-hetero) is 1. The summed E-state index contributed by atoms with van der Waals surface area (Å²) in [5.74, 6) is 0.749. The molecule has 0 saturated carbocycles. The molecule has 0 spiro atoms. The van der Waals surface area contributed by atoms with Crippen molar-refractivity contribution in [3.05, 3.63) is 58.8 Å². The van der Waals surface area contributed by atoms with Crippen LogP contribution in [0.1, 0.15) is 53.3 Å². The Kier molecular flexibility index (Phi) is 4.45. The van der Waals surface area contributed by atoms with E-state index in [1.807, 2.05) is 35.9 Å². The molecule has 0 radical (unpaired) electrons. The summed E-state index contributed by atoms with van der Waals surface area (Å²) in [5.41, 5.74) is 5.65. The average molecular weight is 349 g/mol. The largest absolute Gasteiger partial charge is 0.493 e. The van der Waals surface area contributed by atoms with Gasteiger partial charge in [0, 0.05) is 36.1 Å². The number of carbonyl (C=O) groups excluding carboxylic acids is 1. The summed E-state index contributed by atoms with van der Waals surface area (Å²) >= 11 is 0. The first-order valence-corrected chi connectivity index (χ1v) is 9.33. The number of aromatic nitrogens is 3. The van der Waals surface area contributed by atoms with Gasteiger partial charge in [-0.15, -0.1) is 0 Å². The van der Waals surface area contributed by atoms with Gasteiger partial charge in [0.05, 0.1) is 12.3 Å². The molecule has 3 heterocycles. The lowest BCUT2D eigenvalue weighted by atomic mass is 10.1. The van der Waals surface area contributed by atoms with Crippen molar-refractivity contribution in [1.82, 2.24) is 14.4 Å². The molecule has 0 amide bonds. The van der Waals surface area contributed by atoms with Crippen molar-refractivity contribution in [2.75, 3.05) is 6.61 Å². The zero-order valence-electron chi connectivity index (χ0n) is 15.3. The first kappa shape index (κ1) is 16.8. The molecule has 26 heavy (non-hydrogen) atoms. The molecule has 1 aliphatic carbocycles. The van der Waals surface area contributed by atoms with Crippen LogP contribution in [0, 0.1) is 0 Å². The summed E-state index contributed by atoms with van der Waals surface area (Å²) in [6, 6.07) is 5.83. The molecule has 3 aromatic rings. The van der Waals surface area contributed by atoms with Crippen LogP contribution < -0.4 is 4.74 Å². The molecule has 5 heteroatoms. The van der Waals surface area contributed by atoms with Crippen LogP contribution in [0.2, 0.25) is 0 Å². The number of pyridine rings is 2. The van der Waals surface area contributed by atoms with Gasteiger partial charge in [-0.05, 0) is 44.2 Å². The standard InChI is InChI=1S/C21H23N3O2/c1-3-16-13-24-12-15(20(26-4-2)11-21(24)22-16)10-19(25)18-9-8-14-6-5-7-17(14)23-18/h8-9,11-13H,3-7,10H2,1-2H3. The second kappa shape index (κ2) is 6.90. The smallest absolute Gasteiger partial charge is 0.185 e. The lowest BCUT2D eigenvalue weighted by molar-refractivity contribution is 0.0986. The van der Waals surface area contributed by atoms with Gasteiger partial charge in [-0.2, -0.15) is 0 Å². The van der Waals surface area contributed by atoms with E-state index >= 15 is 0 Å². The van der Waals surface area contributed by atoms with Gasteiger partial charge < -0.3 is 9.14 Å². The maximum absolute atomic E-state index is 12.8. The molecule has 5 nitrogen and oxygen atoms in total. The van der Waals surface area contributed by atoms with E-state index in [0.29, 0.717) is 12.3 Å². The molecule has 0 fully saturated rings. The first-order valence-electron chi connectivity index (χ1n) is 9.33. The molecule has 134 valence electrons. The Bertz CT molecular complexity index is 975. The molecule has 0 aliphatic heterocycles. The number of carbonyl (C=O) groups is 1. The van der Waals surface area contributed by atoms with E-state index in [4.69, 9.17) is 4.74 Å². The van der Waals surface area contributed by atoms with Crippen LogP contribution in [-0.4, -0.2) is 26.8 Å². The molecular weight excluding hydrogens is 326 g/mol. The predicted molar refractivity (Wildman–Crippen MR) is 100 cm³/mol. The second-order valence-electron chi connectivity index (χ2n) is 6.70. The lowest BCUT2D eigenvalue weighted by Crippen LogP contribution is -2.10. The Morgan fingerprint density at radius 1 is 1.19 bits per heavy atom. The quantitative estimate of drug-likeness (QED) is 0.638. The Morgan fingerprint density at radius 3 is 2.88 bits per heavy atom. The highest BCUT2D eigenvalue weighted by Gasteiger charge is 2.18. The van der Waals surface area contributed by atoms with E-state index in [-0.39, 0.29) is 12.2 Å². The summed E-state index contributed by atoms with van der Waals surface area (Å²) in [4.78, 5) is 22.0. The molecule has 0 N–H and O–H groups in total. The monoisotopic (exact) mass is 349 g/mol. The number of nitrogens with zero attached hydrogens (tertiary/aromatic N) is 3. The topological polar surface area (TPSA) is 56.5 Å². The number of rotatable bonds is 6. The molecular formula is C21H23N3O2. The Morgan fingerprint density at radius 2 is 2.08 bits per heavy atom. The zero-order chi connectivity index (χ0) is 18.1. The fraction of sp³-hybridized carbons (Fsp3) is 0.381. The van der Waals surface area contributed by atoms with Gasteiger partial charge in [0.1, 0.15) is 17.1 Å². The predicted octanol–water partition coefficient (Wildman–Crippen LogP) is 3.60. The number of imidazole rings is 1. The molecule has 0 atom stereocenters. The van der Waals surface area contributed by atoms with Gasteiger partial charge in [-0.3, -0.25) is 4.79 Å². The normalized spacial score (nSPS) is 13.2. The van der Waals surface area contributed by atoms with Crippen molar-refractivity contribution >= 4 is 11.4 Å². The fourth-order valence-corrected chi connectivity index (χ4v) is 3.54. The van der Waals surface area contributed by atoms with Crippen LogP contribution in [0.3, 0.4) is 0 Å². The number of ether oxygens (including phenoxy) is 1. The third kappa shape index (κ3) is 3.09. The summed E-state index contributed by atoms with van der Waals surface area (Å²) in [6.45, 7) is 4.58. The van der Waals surface area contributed by atoms with Gasteiger partial charge >= 0.3 is 0 Å². The van der Waals surface area contributed by atoms with E-state index in [0.717, 1.165) is 54.0 Å². The summed E-state index contributed by atoms with van der Waals surface area (Å²) in [6.07, 6.45) is 8.29. The minimum Gasteiger partial charge on any atom is -0.493 e. The first-order chi connectivity index (χ1) is 12.7. The van der Waals surface area contributed by atoms with Gasteiger partial charge in [-0.25, -0.2) is 9.97 Å².